The van der Waals surface area contributed by atoms with Crippen LogP contribution in [0.25, 0.3) is 0 Å². The Bertz CT molecular complexity index is 917. The van der Waals surface area contributed by atoms with Gasteiger partial charge in [-0.15, -0.1) is 0 Å². The molecule has 5 nitrogen and oxygen atoms in total. The van der Waals surface area contributed by atoms with Crippen molar-refractivity contribution in [3.63, 3.8) is 0 Å². The molecule has 3 aromatic rings. The summed E-state index contributed by atoms with van der Waals surface area (Å²) in [7, 11) is 0. The van der Waals surface area contributed by atoms with Gasteiger partial charge in [-0.25, -0.2) is 9.37 Å². The second-order valence-electron chi connectivity index (χ2n) is 6.86. The lowest BCUT2D eigenvalue weighted by Gasteiger charge is -2.32. The molecule has 0 spiro atoms. The van der Waals surface area contributed by atoms with E-state index in [9.17, 15) is 9.18 Å². The number of likely N-dealkylation sites (tertiary alicyclic amines) is 1. The summed E-state index contributed by atoms with van der Waals surface area (Å²) in [5.41, 5.74) is 1.54. The van der Waals surface area contributed by atoms with Crippen LogP contribution in [0, 0.1) is 5.82 Å². The minimum Gasteiger partial charge on any atom is -0.339 e. The third kappa shape index (κ3) is 3.89. The first-order chi connectivity index (χ1) is 13.2. The molecule has 1 aliphatic heterocycles. The van der Waals surface area contributed by atoms with E-state index in [-0.39, 0.29) is 5.91 Å². The predicted molar refractivity (Wildman–Crippen MR) is 99.8 cm³/mol. The summed E-state index contributed by atoms with van der Waals surface area (Å²) in [6, 6.07) is 11.6. The lowest BCUT2D eigenvalue weighted by Crippen LogP contribution is -2.38. The molecule has 0 radical (unpaired) electrons. The minimum atomic E-state index is -0.487. The molecule has 1 amide bonds. The van der Waals surface area contributed by atoms with Crippen molar-refractivity contribution in [2.45, 2.75) is 25.3 Å². The van der Waals surface area contributed by atoms with E-state index in [1.807, 2.05) is 30.6 Å². The number of imidazole rings is 1. The fourth-order valence-corrected chi connectivity index (χ4v) is 3.65. The number of hydrogen-bond acceptors (Lipinski definition) is 3. The van der Waals surface area contributed by atoms with Gasteiger partial charge in [0.1, 0.15) is 11.6 Å². The third-order valence-corrected chi connectivity index (χ3v) is 5.04. The molecule has 138 valence electrons. The van der Waals surface area contributed by atoms with Crippen molar-refractivity contribution in [2.75, 3.05) is 13.1 Å². The van der Waals surface area contributed by atoms with E-state index in [0.29, 0.717) is 24.6 Å². The zero-order chi connectivity index (χ0) is 18.6. The SMILES string of the molecule is O=C(c1cncc(F)c1)N1CCC(c2nccn2Cc2ccccc2)CC1. The van der Waals surface area contributed by atoms with E-state index in [0.717, 1.165) is 31.4 Å². The van der Waals surface area contributed by atoms with Gasteiger partial charge in [-0.3, -0.25) is 9.78 Å². The van der Waals surface area contributed by atoms with Crippen molar-refractivity contribution in [1.82, 2.24) is 19.4 Å². The van der Waals surface area contributed by atoms with Gasteiger partial charge in [-0.1, -0.05) is 30.3 Å². The summed E-state index contributed by atoms with van der Waals surface area (Å²) in [5, 5.41) is 0. The van der Waals surface area contributed by atoms with Crippen molar-refractivity contribution in [2.24, 2.45) is 0 Å². The van der Waals surface area contributed by atoms with Gasteiger partial charge in [0.15, 0.2) is 0 Å². The maximum absolute atomic E-state index is 13.3. The van der Waals surface area contributed by atoms with E-state index in [1.54, 1.807) is 4.90 Å². The molecule has 1 aromatic carbocycles. The fraction of sp³-hybridized carbons (Fsp3) is 0.286. The van der Waals surface area contributed by atoms with E-state index < -0.39 is 5.82 Å². The van der Waals surface area contributed by atoms with Crippen LogP contribution in [0.4, 0.5) is 4.39 Å². The average Bonchev–Trinajstić information content (AvgIpc) is 3.16. The van der Waals surface area contributed by atoms with Crippen LogP contribution in [0.1, 0.15) is 40.5 Å². The van der Waals surface area contributed by atoms with Crippen LogP contribution in [0.5, 0.6) is 0 Å². The number of halogens is 1. The van der Waals surface area contributed by atoms with Crippen molar-refractivity contribution in [3.8, 4) is 0 Å². The second kappa shape index (κ2) is 7.70. The molecule has 1 fully saturated rings. The smallest absolute Gasteiger partial charge is 0.255 e. The number of hydrogen-bond donors (Lipinski definition) is 0. The quantitative estimate of drug-likeness (QED) is 0.712. The maximum atomic E-state index is 13.3. The highest BCUT2D eigenvalue weighted by molar-refractivity contribution is 5.93. The van der Waals surface area contributed by atoms with Gasteiger partial charge in [-0.2, -0.15) is 0 Å². The Kier molecular flexibility index (Phi) is 4.96. The molecule has 0 N–H and O–H groups in total. The normalized spacial score (nSPS) is 15.1. The van der Waals surface area contributed by atoms with Crippen LogP contribution in [0.3, 0.4) is 0 Å². The van der Waals surface area contributed by atoms with Gasteiger partial charge in [0.05, 0.1) is 11.8 Å². The number of piperidine rings is 1. The van der Waals surface area contributed by atoms with Gasteiger partial charge in [0.25, 0.3) is 5.91 Å². The van der Waals surface area contributed by atoms with Crippen LogP contribution in [0.2, 0.25) is 0 Å². The molecule has 3 heterocycles. The van der Waals surface area contributed by atoms with Crippen molar-refractivity contribution >= 4 is 5.91 Å². The first-order valence-corrected chi connectivity index (χ1v) is 9.15. The van der Waals surface area contributed by atoms with Gasteiger partial charge in [0, 0.05) is 44.1 Å². The Balaban J connectivity index is 1.41. The highest BCUT2D eigenvalue weighted by atomic mass is 19.1. The molecule has 0 unspecified atom stereocenters. The number of rotatable bonds is 4. The van der Waals surface area contributed by atoms with Gasteiger partial charge in [0.2, 0.25) is 0 Å². The standard InChI is InChI=1S/C21H21FN4O/c22-19-12-18(13-23-14-19)21(27)25-9-6-17(7-10-25)20-24-8-11-26(20)15-16-4-2-1-3-5-16/h1-5,8,11-14,17H,6-7,9-10,15H2. The van der Waals surface area contributed by atoms with Gasteiger partial charge < -0.3 is 9.47 Å². The lowest BCUT2D eigenvalue weighted by atomic mass is 9.95. The number of benzene rings is 1. The zero-order valence-electron chi connectivity index (χ0n) is 15.0. The third-order valence-electron chi connectivity index (χ3n) is 5.04. The van der Waals surface area contributed by atoms with Gasteiger partial charge >= 0.3 is 0 Å². The van der Waals surface area contributed by atoms with E-state index in [2.05, 4.69) is 26.7 Å². The molecular weight excluding hydrogens is 343 g/mol. The van der Waals surface area contributed by atoms with Crippen LogP contribution in [-0.4, -0.2) is 38.4 Å². The number of amides is 1. The summed E-state index contributed by atoms with van der Waals surface area (Å²) in [6.07, 6.45) is 8.08. The maximum Gasteiger partial charge on any atom is 0.255 e. The predicted octanol–water partition coefficient (Wildman–Crippen LogP) is 3.49. The summed E-state index contributed by atoms with van der Waals surface area (Å²) < 4.78 is 15.5. The summed E-state index contributed by atoms with van der Waals surface area (Å²) >= 11 is 0. The zero-order valence-corrected chi connectivity index (χ0v) is 15.0. The molecular formula is C21H21FN4O. The summed E-state index contributed by atoms with van der Waals surface area (Å²) in [4.78, 5) is 22.7. The molecule has 0 saturated carbocycles. The number of aromatic nitrogens is 3. The van der Waals surface area contributed by atoms with Crippen LogP contribution in [0.15, 0.2) is 61.2 Å². The monoisotopic (exact) mass is 364 g/mol. The molecule has 0 bridgehead atoms. The highest BCUT2D eigenvalue weighted by Gasteiger charge is 2.27. The Labute approximate surface area is 157 Å². The molecule has 0 atom stereocenters. The van der Waals surface area contributed by atoms with Crippen molar-refractivity contribution in [1.29, 1.82) is 0 Å². The molecule has 1 aliphatic rings. The Hall–Kier alpha value is -3.02. The van der Waals surface area contributed by atoms with E-state index in [4.69, 9.17) is 0 Å². The first kappa shape index (κ1) is 17.4. The van der Waals surface area contributed by atoms with E-state index >= 15 is 0 Å². The molecule has 2 aromatic heterocycles. The minimum absolute atomic E-state index is 0.159. The van der Waals surface area contributed by atoms with Crippen molar-refractivity contribution in [3.05, 3.63) is 84.0 Å². The highest BCUT2D eigenvalue weighted by Crippen LogP contribution is 2.28. The summed E-state index contributed by atoms with van der Waals surface area (Å²) in [6.45, 7) is 2.07. The fourth-order valence-electron chi connectivity index (χ4n) is 3.65. The Morgan fingerprint density at radius 1 is 1.15 bits per heavy atom. The molecule has 1 saturated heterocycles. The number of carbonyl (C=O) groups excluding carboxylic acids is 1. The second-order valence-corrected chi connectivity index (χ2v) is 6.86. The first-order valence-electron chi connectivity index (χ1n) is 9.15. The molecule has 4 rings (SSSR count). The molecule has 27 heavy (non-hydrogen) atoms. The average molecular weight is 364 g/mol. The largest absolute Gasteiger partial charge is 0.339 e. The van der Waals surface area contributed by atoms with Crippen molar-refractivity contribution < 1.29 is 9.18 Å². The summed E-state index contributed by atoms with van der Waals surface area (Å²) in [5.74, 6) is 0.739. The number of nitrogens with zero attached hydrogens (tertiary/aromatic N) is 4. The topological polar surface area (TPSA) is 51.0 Å². The lowest BCUT2D eigenvalue weighted by molar-refractivity contribution is 0.0709. The van der Waals surface area contributed by atoms with Crippen LogP contribution >= 0.6 is 0 Å². The Morgan fingerprint density at radius 2 is 1.93 bits per heavy atom. The van der Waals surface area contributed by atoms with E-state index in [1.165, 1.54) is 17.8 Å². The number of carbonyl (C=O) groups is 1. The molecule has 6 heteroatoms. The number of pyridine rings is 1. The molecule has 0 aliphatic carbocycles. The van der Waals surface area contributed by atoms with Crippen LogP contribution in [-0.2, 0) is 6.54 Å². The van der Waals surface area contributed by atoms with Gasteiger partial charge in [-0.05, 0) is 24.5 Å². The Morgan fingerprint density at radius 3 is 2.67 bits per heavy atom. The van der Waals surface area contributed by atoms with Crippen LogP contribution < -0.4 is 0 Å².